The lowest BCUT2D eigenvalue weighted by Crippen LogP contribution is -2.32. The van der Waals surface area contributed by atoms with Gasteiger partial charge in [0.05, 0.1) is 17.9 Å². The van der Waals surface area contributed by atoms with E-state index < -0.39 is 6.04 Å². The van der Waals surface area contributed by atoms with Crippen molar-refractivity contribution in [2.45, 2.75) is 19.4 Å². The summed E-state index contributed by atoms with van der Waals surface area (Å²) < 4.78 is 0. The van der Waals surface area contributed by atoms with Crippen LogP contribution in [0.1, 0.15) is 18.9 Å². The molecule has 1 atom stereocenters. The minimum absolute atomic E-state index is 0.0669. The number of nitrogens with zero attached hydrogens (tertiary/aromatic N) is 3. The second-order valence-electron chi connectivity index (χ2n) is 4.68. The van der Waals surface area contributed by atoms with E-state index in [0.29, 0.717) is 6.42 Å². The van der Waals surface area contributed by atoms with Crippen molar-refractivity contribution in [1.82, 2.24) is 10.9 Å². The van der Waals surface area contributed by atoms with Gasteiger partial charge in [0.2, 0.25) is 5.91 Å². The van der Waals surface area contributed by atoms with Crippen molar-refractivity contribution >= 4 is 17.3 Å². The first-order valence-electron chi connectivity index (χ1n) is 6.41. The SMILES string of the molecule is C[C@@H]1CC(=O)NN=C1c1ccc(NNC(C#N)C#N)cc1. The molecule has 0 aromatic heterocycles. The molecular weight excluding hydrogens is 268 g/mol. The minimum atomic E-state index is -0.914. The molecule has 0 radical (unpaired) electrons. The first kappa shape index (κ1) is 14.5. The molecule has 0 unspecified atom stereocenters. The highest BCUT2D eigenvalue weighted by Gasteiger charge is 2.21. The van der Waals surface area contributed by atoms with E-state index in [1.807, 2.05) is 19.1 Å². The van der Waals surface area contributed by atoms with Crippen molar-refractivity contribution in [3.63, 3.8) is 0 Å². The van der Waals surface area contributed by atoms with Gasteiger partial charge in [-0.15, -0.1) is 0 Å². The van der Waals surface area contributed by atoms with Crippen LogP contribution < -0.4 is 16.3 Å². The number of benzene rings is 1. The standard InChI is InChI=1S/C14H14N6O/c1-9-6-13(21)19-20-14(9)10-2-4-11(5-3-10)17-18-12(7-15)8-16/h2-5,9,12,17-18H,6H2,1H3,(H,19,21)/t9-/m1/s1. The van der Waals surface area contributed by atoms with E-state index in [0.717, 1.165) is 17.0 Å². The zero-order valence-corrected chi connectivity index (χ0v) is 11.4. The molecule has 0 spiro atoms. The molecule has 7 heteroatoms. The summed E-state index contributed by atoms with van der Waals surface area (Å²) in [6.07, 6.45) is 0.423. The number of carbonyl (C=O) groups is 1. The summed E-state index contributed by atoms with van der Waals surface area (Å²) in [5.41, 5.74) is 10.3. The molecule has 1 heterocycles. The Morgan fingerprint density at radius 1 is 1.33 bits per heavy atom. The van der Waals surface area contributed by atoms with Crippen LogP contribution in [0.3, 0.4) is 0 Å². The van der Waals surface area contributed by atoms with Crippen molar-refractivity contribution < 1.29 is 4.79 Å². The Kier molecular flexibility index (Phi) is 4.50. The van der Waals surface area contributed by atoms with E-state index in [1.54, 1.807) is 24.3 Å². The van der Waals surface area contributed by atoms with Crippen LogP contribution in [0.4, 0.5) is 5.69 Å². The van der Waals surface area contributed by atoms with Crippen molar-refractivity contribution in [2.75, 3.05) is 5.43 Å². The van der Waals surface area contributed by atoms with Crippen LogP contribution in [0.25, 0.3) is 0 Å². The number of hydrazine groups is 1. The average molecular weight is 282 g/mol. The van der Waals surface area contributed by atoms with Gasteiger partial charge >= 0.3 is 0 Å². The van der Waals surface area contributed by atoms with Crippen LogP contribution in [0, 0.1) is 28.6 Å². The van der Waals surface area contributed by atoms with Crippen LogP contribution in [0.5, 0.6) is 0 Å². The molecule has 1 amide bonds. The molecule has 0 saturated heterocycles. The van der Waals surface area contributed by atoms with Gasteiger partial charge in [-0.3, -0.25) is 4.79 Å². The molecule has 0 saturated carbocycles. The molecule has 21 heavy (non-hydrogen) atoms. The summed E-state index contributed by atoms with van der Waals surface area (Å²) >= 11 is 0. The summed E-state index contributed by atoms with van der Waals surface area (Å²) in [5, 5.41) is 21.4. The molecule has 0 aliphatic carbocycles. The van der Waals surface area contributed by atoms with E-state index in [-0.39, 0.29) is 11.8 Å². The fourth-order valence-corrected chi connectivity index (χ4v) is 1.98. The van der Waals surface area contributed by atoms with Crippen LogP contribution in [-0.2, 0) is 4.79 Å². The minimum Gasteiger partial charge on any atom is -0.319 e. The molecule has 1 aliphatic heterocycles. The Hall–Kier alpha value is -2.90. The number of hydrazone groups is 1. The summed E-state index contributed by atoms with van der Waals surface area (Å²) in [6, 6.07) is 10.0. The maximum Gasteiger partial charge on any atom is 0.240 e. The highest BCUT2D eigenvalue weighted by Crippen LogP contribution is 2.18. The second-order valence-corrected chi connectivity index (χ2v) is 4.68. The molecule has 1 aliphatic rings. The predicted molar refractivity (Wildman–Crippen MR) is 76.7 cm³/mol. The van der Waals surface area contributed by atoms with Gasteiger partial charge in [0.25, 0.3) is 0 Å². The molecule has 106 valence electrons. The zero-order valence-electron chi connectivity index (χ0n) is 11.4. The first-order chi connectivity index (χ1) is 10.1. The van der Waals surface area contributed by atoms with E-state index in [2.05, 4.69) is 21.4 Å². The smallest absolute Gasteiger partial charge is 0.240 e. The van der Waals surface area contributed by atoms with Gasteiger partial charge < -0.3 is 5.43 Å². The summed E-state index contributed by atoms with van der Waals surface area (Å²) in [6.45, 7) is 1.95. The second kappa shape index (κ2) is 6.51. The van der Waals surface area contributed by atoms with Crippen molar-refractivity contribution in [3.8, 4) is 12.1 Å². The lowest BCUT2D eigenvalue weighted by atomic mass is 9.94. The van der Waals surface area contributed by atoms with E-state index in [9.17, 15) is 4.79 Å². The molecule has 7 nitrogen and oxygen atoms in total. The van der Waals surface area contributed by atoms with Crippen LogP contribution in [0.2, 0.25) is 0 Å². The van der Waals surface area contributed by atoms with Crippen LogP contribution in [0.15, 0.2) is 29.4 Å². The fraction of sp³-hybridized carbons (Fsp3) is 0.286. The van der Waals surface area contributed by atoms with Gasteiger partial charge in [0, 0.05) is 18.0 Å². The Bertz CT molecular complexity index is 623. The number of carbonyl (C=O) groups excluding carboxylic acids is 1. The van der Waals surface area contributed by atoms with Gasteiger partial charge in [-0.2, -0.15) is 15.6 Å². The number of hydrogen-bond donors (Lipinski definition) is 3. The van der Waals surface area contributed by atoms with E-state index >= 15 is 0 Å². The summed E-state index contributed by atoms with van der Waals surface area (Å²) in [5.74, 6) is -0.00923. The maximum atomic E-state index is 11.2. The van der Waals surface area contributed by atoms with Gasteiger partial charge in [-0.25, -0.2) is 10.9 Å². The van der Waals surface area contributed by atoms with Gasteiger partial charge in [0.15, 0.2) is 6.04 Å². The zero-order chi connectivity index (χ0) is 15.2. The number of nitriles is 2. The van der Waals surface area contributed by atoms with Gasteiger partial charge in [-0.05, 0) is 17.7 Å². The average Bonchev–Trinajstić information content (AvgIpc) is 2.49. The Morgan fingerprint density at radius 2 is 2.00 bits per heavy atom. The third-order valence-electron chi connectivity index (χ3n) is 3.06. The number of hydrogen-bond acceptors (Lipinski definition) is 6. The number of amides is 1. The summed E-state index contributed by atoms with van der Waals surface area (Å²) in [7, 11) is 0. The van der Waals surface area contributed by atoms with Crippen LogP contribution >= 0.6 is 0 Å². The van der Waals surface area contributed by atoms with E-state index in [4.69, 9.17) is 10.5 Å². The third-order valence-corrected chi connectivity index (χ3v) is 3.06. The highest BCUT2D eigenvalue weighted by atomic mass is 16.2. The topological polar surface area (TPSA) is 113 Å². The largest absolute Gasteiger partial charge is 0.319 e. The van der Waals surface area contributed by atoms with Gasteiger partial charge in [0.1, 0.15) is 0 Å². The lowest BCUT2D eigenvalue weighted by molar-refractivity contribution is -0.121. The Labute approximate surface area is 122 Å². The third kappa shape index (κ3) is 3.56. The van der Waals surface area contributed by atoms with Crippen molar-refractivity contribution in [1.29, 1.82) is 10.5 Å². The quantitative estimate of drug-likeness (QED) is 0.709. The molecule has 1 aromatic carbocycles. The van der Waals surface area contributed by atoms with Crippen molar-refractivity contribution in [2.24, 2.45) is 11.0 Å². The molecule has 1 aromatic rings. The number of anilines is 1. The Morgan fingerprint density at radius 3 is 2.57 bits per heavy atom. The molecule has 2 rings (SSSR count). The van der Waals surface area contributed by atoms with E-state index in [1.165, 1.54) is 0 Å². The molecule has 3 N–H and O–H groups in total. The number of rotatable bonds is 4. The Balaban J connectivity index is 2.04. The van der Waals surface area contributed by atoms with Crippen molar-refractivity contribution in [3.05, 3.63) is 29.8 Å². The first-order valence-corrected chi connectivity index (χ1v) is 6.41. The normalized spacial score (nSPS) is 17.4. The fourth-order valence-electron chi connectivity index (χ4n) is 1.98. The highest BCUT2D eigenvalue weighted by molar-refractivity contribution is 6.05. The lowest BCUT2D eigenvalue weighted by Gasteiger charge is -2.19. The number of nitrogens with one attached hydrogen (secondary N) is 3. The van der Waals surface area contributed by atoms with Gasteiger partial charge in [-0.1, -0.05) is 19.1 Å². The predicted octanol–water partition coefficient (Wildman–Crippen LogP) is 0.879. The molecule has 0 bridgehead atoms. The summed E-state index contributed by atoms with van der Waals surface area (Å²) in [4.78, 5) is 11.2. The maximum absolute atomic E-state index is 11.2. The molecule has 0 fully saturated rings. The molecular formula is C14H14N6O. The monoisotopic (exact) mass is 282 g/mol. The van der Waals surface area contributed by atoms with Crippen LogP contribution in [-0.4, -0.2) is 17.7 Å².